The van der Waals surface area contributed by atoms with Gasteiger partial charge < -0.3 is 20.2 Å². The Hall–Kier alpha value is -3.70. The number of rotatable bonds is 6. The molecule has 0 aliphatic heterocycles. The smallest absolute Gasteiger partial charge is 0.422 e. The molecule has 158 valence electrons. The molecule has 3 aromatic heterocycles. The molecule has 3 aromatic rings. The van der Waals surface area contributed by atoms with Crippen molar-refractivity contribution >= 4 is 11.7 Å². The summed E-state index contributed by atoms with van der Waals surface area (Å²) in [4.78, 5) is 28.8. The summed E-state index contributed by atoms with van der Waals surface area (Å²) in [6, 6.07) is 1.32. The van der Waals surface area contributed by atoms with Crippen molar-refractivity contribution in [1.29, 1.82) is 0 Å². The maximum absolute atomic E-state index is 12.5. The van der Waals surface area contributed by atoms with Crippen LogP contribution in [-0.2, 0) is 6.54 Å². The number of carbonyl (C=O) groups is 1. The number of nitrogens with two attached hydrogens (primary N) is 1. The number of oxazole rings is 1. The van der Waals surface area contributed by atoms with E-state index in [4.69, 9.17) is 14.9 Å². The van der Waals surface area contributed by atoms with Crippen LogP contribution in [0.3, 0.4) is 0 Å². The van der Waals surface area contributed by atoms with E-state index in [0.717, 1.165) is 0 Å². The van der Waals surface area contributed by atoms with Gasteiger partial charge in [-0.3, -0.25) is 9.78 Å². The van der Waals surface area contributed by atoms with Gasteiger partial charge >= 0.3 is 6.18 Å². The van der Waals surface area contributed by atoms with Crippen molar-refractivity contribution in [3.05, 3.63) is 47.4 Å². The normalized spacial score (nSPS) is 11.4. The minimum Gasteiger partial charge on any atom is -0.484 e. The van der Waals surface area contributed by atoms with Crippen molar-refractivity contribution in [1.82, 2.24) is 25.3 Å². The molecule has 0 fully saturated rings. The first-order valence-electron chi connectivity index (χ1n) is 8.62. The monoisotopic (exact) mass is 422 g/mol. The van der Waals surface area contributed by atoms with Crippen molar-refractivity contribution in [3.8, 4) is 17.3 Å². The Morgan fingerprint density at radius 2 is 2.00 bits per heavy atom. The molecule has 1 amide bonds. The molecule has 0 unspecified atom stereocenters. The number of aryl methyl sites for hydroxylation is 1. The fraction of sp³-hybridized carbons (Fsp3) is 0.278. The van der Waals surface area contributed by atoms with Gasteiger partial charge in [0.15, 0.2) is 18.1 Å². The highest BCUT2D eigenvalue weighted by atomic mass is 19.4. The van der Waals surface area contributed by atoms with Crippen molar-refractivity contribution in [2.75, 3.05) is 12.3 Å². The van der Waals surface area contributed by atoms with E-state index in [1.807, 2.05) is 0 Å². The van der Waals surface area contributed by atoms with Crippen molar-refractivity contribution in [3.63, 3.8) is 0 Å². The molecule has 0 saturated heterocycles. The van der Waals surface area contributed by atoms with E-state index in [1.165, 1.54) is 24.7 Å². The number of amides is 1. The minimum absolute atomic E-state index is 0.0250. The zero-order chi connectivity index (χ0) is 21.9. The molecule has 0 radical (unpaired) electrons. The van der Waals surface area contributed by atoms with Gasteiger partial charge in [-0.05, 0) is 19.9 Å². The van der Waals surface area contributed by atoms with Gasteiger partial charge in [-0.2, -0.15) is 13.2 Å². The number of nitrogens with one attached hydrogen (secondary N) is 1. The number of hydrogen-bond acceptors (Lipinski definition) is 8. The largest absolute Gasteiger partial charge is 0.484 e. The van der Waals surface area contributed by atoms with Gasteiger partial charge in [0.25, 0.3) is 5.91 Å². The molecule has 0 bridgehead atoms. The summed E-state index contributed by atoms with van der Waals surface area (Å²) in [6.45, 7) is 1.67. The van der Waals surface area contributed by atoms with Gasteiger partial charge in [0.1, 0.15) is 17.7 Å². The Kier molecular flexibility index (Phi) is 5.85. The molecule has 0 aliphatic rings. The lowest BCUT2D eigenvalue weighted by molar-refractivity contribution is -0.153. The fourth-order valence-corrected chi connectivity index (χ4v) is 2.54. The number of hydrogen-bond donors (Lipinski definition) is 2. The average molecular weight is 422 g/mol. The molecule has 3 heterocycles. The fourth-order valence-electron chi connectivity index (χ4n) is 2.54. The lowest BCUT2D eigenvalue weighted by atomic mass is 10.2. The third-order valence-electron chi connectivity index (χ3n) is 4.01. The zero-order valence-electron chi connectivity index (χ0n) is 15.9. The van der Waals surface area contributed by atoms with Gasteiger partial charge in [0.05, 0.1) is 24.1 Å². The number of nitrogens with zero attached hydrogens (tertiary/aromatic N) is 4. The van der Waals surface area contributed by atoms with Crippen molar-refractivity contribution in [2.24, 2.45) is 0 Å². The van der Waals surface area contributed by atoms with Gasteiger partial charge in [0.2, 0.25) is 5.89 Å². The van der Waals surface area contributed by atoms with E-state index >= 15 is 0 Å². The Bertz CT molecular complexity index is 1050. The number of halogens is 3. The van der Waals surface area contributed by atoms with Crippen LogP contribution < -0.4 is 15.8 Å². The maximum Gasteiger partial charge on any atom is 0.422 e. The van der Waals surface area contributed by atoms with Crippen LogP contribution >= 0.6 is 0 Å². The molecule has 0 spiro atoms. The van der Waals surface area contributed by atoms with E-state index < -0.39 is 18.7 Å². The van der Waals surface area contributed by atoms with E-state index in [9.17, 15) is 18.0 Å². The average Bonchev–Trinajstić information content (AvgIpc) is 3.21. The number of anilines is 1. The molecule has 12 heteroatoms. The first-order chi connectivity index (χ1) is 14.2. The van der Waals surface area contributed by atoms with Crippen LogP contribution in [0.25, 0.3) is 11.6 Å². The van der Waals surface area contributed by atoms with Crippen LogP contribution in [0, 0.1) is 13.8 Å². The SMILES string of the molecule is Cc1nc(C(=O)NCc2nccc(OCC(F)(F)F)c2C)c(N)nc1-c1ncco1. The number of alkyl halides is 3. The van der Waals surface area contributed by atoms with Crippen LogP contribution in [0.1, 0.15) is 27.4 Å². The lowest BCUT2D eigenvalue weighted by Crippen LogP contribution is -2.27. The molecule has 0 saturated carbocycles. The highest BCUT2D eigenvalue weighted by molar-refractivity contribution is 5.96. The van der Waals surface area contributed by atoms with E-state index in [1.54, 1.807) is 13.8 Å². The molecule has 0 aromatic carbocycles. The van der Waals surface area contributed by atoms with Gasteiger partial charge in [-0.15, -0.1) is 0 Å². The van der Waals surface area contributed by atoms with Gasteiger partial charge in [-0.1, -0.05) is 0 Å². The summed E-state index contributed by atoms with van der Waals surface area (Å²) in [5.41, 5.74) is 7.15. The van der Waals surface area contributed by atoms with Gasteiger partial charge in [-0.25, -0.2) is 15.0 Å². The first-order valence-corrected chi connectivity index (χ1v) is 8.62. The number of aromatic nitrogens is 4. The number of nitrogen functional groups attached to an aromatic ring is 1. The quantitative estimate of drug-likeness (QED) is 0.620. The van der Waals surface area contributed by atoms with E-state index in [2.05, 4.69) is 25.3 Å². The Morgan fingerprint density at radius 1 is 1.23 bits per heavy atom. The molecule has 9 nitrogen and oxygen atoms in total. The Morgan fingerprint density at radius 3 is 2.67 bits per heavy atom. The number of carbonyl (C=O) groups excluding carboxylic acids is 1. The number of pyridine rings is 1. The van der Waals surface area contributed by atoms with Crippen LogP contribution in [-0.4, -0.2) is 38.6 Å². The Labute approximate surface area is 168 Å². The summed E-state index contributed by atoms with van der Waals surface area (Å²) in [5.74, 6) is -0.505. The van der Waals surface area contributed by atoms with Crippen LogP contribution in [0.4, 0.5) is 19.0 Å². The highest BCUT2D eigenvalue weighted by Gasteiger charge is 2.29. The molecule has 0 aliphatic carbocycles. The molecule has 3 rings (SSSR count). The predicted molar refractivity (Wildman–Crippen MR) is 98.4 cm³/mol. The summed E-state index contributed by atoms with van der Waals surface area (Å²) >= 11 is 0. The molecular formula is C18H17F3N6O3. The predicted octanol–water partition coefficient (Wildman–Crippen LogP) is 2.60. The lowest BCUT2D eigenvalue weighted by Gasteiger charge is -2.14. The Balaban J connectivity index is 1.72. The topological polar surface area (TPSA) is 129 Å². The first kappa shape index (κ1) is 21.0. The summed E-state index contributed by atoms with van der Waals surface area (Å²) < 4.78 is 47.1. The van der Waals surface area contributed by atoms with E-state index in [-0.39, 0.29) is 29.7 Å². The highest BCUT2D eigenvalue weighted by Crippen LogP contribution is 2.24. The second kappa shape index (κ2) is 8.35. The van der Waals surface area contributed by atoms with Crippen LogP contribution in [0.15, 0.2) is 29.1 Å². The van der Waals surface area contributed by atoms with Crippen molar-refractivity contribution < 1.29 is 27.1 Å². The second-order valence-electron chi connectivity index (χ2n) is 6.20. The zero-order valence-corrected chi connectivity index (χ0v) is 15.9. The maximum atomic E-state index is 12.5. The van der Waals surface area contributed by atoms with E-state index in [0.29, 0.717) is 22.6 Å². The minimum atomic E-state index is -4.46. The summed E-state index contributed by atoms with van der Waals surface area (Å²) in [5, 5.41) is 2.58. The second-order valence-corrected chi connectivity index (χ2v) is 6.20. The molecule has 3 N–H and O–H groups in total. The van der Waals surface area contributed by atoms with Gasteiger partial charge in [0, 0.05) is 11.8 Å². The van der Waals surface area contributed by atoms with Crippen LogP contribution in [0.2, 0.25) is 0 Å². The number of ether oxygens (including phenoxy) is 1. The molecule has 0 atom stereocenters. The summed E-state index contributed by atoms with van der Waals surface area (Å²) in [7, 11) is 0. The standard InChI is InChI=1S/C18H17F3N6O3/c1-9-11(23-4-3-12(9)30-8-18(19,20)21)7-25-16(28)14-15(22)27-13(10(2)26-14)17-24-5-6-29-17/h3-6H,7-8H2,1-2H3,(H2,22,27)(H,25,28). The third kappa shape index (κ3) is 4.82. The van der Waals surface area contributed by atoms with Crippen molar-refractivity contribution in [2.45, 2.75) is 26.6 Å². The summed E-state index contributed by atoms with van der Waals surface area (Å²) in [6.07, 6.45) is -0.358. The third-order valence-corrected chi connectivity index (χ3v) is 4.01. The van der Waals surface area contributed by atoms with Crippen LogP contribution in [0.5, 0.6) is 5.75 Å². The molecule has 30 heavy (non-hydrogen) atoms. The molecular weight excluding hydrogens is 405 g/mol.